The van der Waals surface area contributed by atoms with Gasteiger partial charge in [-0.25, -0.2) is 0 Å². The molecular weight excluding hydrogens is 134 g/mol. The molecule has 0 spiro atoms. The first kappa shape index (κ1) is 7.60. The highest BCUT2D eigenvalue weighted by Crippen LogP contribution is 2.50. The van der Waals surface area contributed by atoms with Gasteiger partial charge in [0.15, 0.2) is 0 Å². The van der Waals surface area contributed by atoms with E-state index in [1.165, 1.54) is 13.0 Å². The number of fused-ring (bicyclic) bond motifs is 2. The molecule has 0 aromatic rings. The first-order chi connectivity index (χ1) is 5.42. The fraction of sp³-hybridized carbons (Fsp3) is 1.00. The fourth-order valence-electron chi connectivity index (χ4n) is 3.17. The minimum Gasteiger partial charge on any atom is -0.320 e. The molecule has 0 unspecified atom stereocenters. The van der Waals surface area contributed by atoms with E-state index in [0.717, 1.165) is 17.8 Å². The summed E-state index contributed by atoms with van der Waals surface area (Å²) in [6.07, 6.45) is 7.60. The highest BCUT2D eigenvalue weighted by atomic mass is 14.8. The summed E-state index contributed by atoms with van der Waals surface area (Å²) in [4.78, 5) is 0. The smallest absolute Gasteiger partial charge is 0.00491 e. The maximum atomic E-state index is 3.26. The van der Waals surface area contributed by atoms with Crippen LogP contribution in [0.15, 0.2) is 0 Å². The normalized spacial score (nSPS) is 41.7. The van der Waals surface area contributed by atoms with Crippen molar-refractivity contribution in [1.82, 2.24) is 5.32 Å². The van der Waals surface area contributed by atoms with Crippen molar-refractivity contribution in [3.05, 3.63) is 0 Å². The number of hydrogen-bond acceptors (Lipinski definition) is 1. The molecule has 11 heavy (non-hydrogen) atoms. The molecule has 0 saturated heterocycles. The molecule has 0 radical (unpaired) electrons. The van der Waals surface area contributed by atoms with Gasteiger partial charge in [-0.05, 0) is 63.5 Å². The lowest BCUT2D eigenvalue weighted by atomic mass is 9.94. The zero-order valence-corrected chi connectivity index (χ0v) is 7.47. The van der Waals surface area contributed by atoms with Gasteiger partial charge in [-0.3, -0.25) is 0 Å². The van der Waals surface area contributed by atoms with Crippen molar-refractivity contribution in [2.24, 2.45) is 17.8 Å². The van der Waals surface area contributed by atoms with Crippen molar-refractivity contribution in [1.29, 1.82) is 0 Å². The van der Waals surface area contributed by atoms with E-state index in [0.29, 0.717) is 0 Å². The summed E-state index contributed by atoms with van der Waals surface area (Å²) >= 11 is 0. The Morgan fingerprint density at radius 1 is 1.09 bits per heavy atom. The van der Waals surface area contributed by atoms with E-state index < -0.39 is 0 Å². The SMILES string of the molecule is CNCCC1C2CCC1CC2. The largest absolute Gasteiger partial charge is 0.320 e. The van der Waals surface area contributed by atoms with Gasteiger partial charge in [0.2, 0.25) is 0 Å². The first-order valence-corrected chi connectivity index (χ1v) is 5.06. The van der Waals surface area contributed by atoms with Crippen molar-refractivity contribution in [3.63, 3.8) is 0 Å². The van der Waals surface area contributed by atoms with Gasteiger partial charge in [0.05, 0.1) is 0 Å². The summed E-state index contributed by atoms with van der Waals surface area (Å²) in [7, 11) is 2.07. The zero-order valence-electron chi connectivity index (χ0n) is 7.47. The molecule has 0 heterocycles. The van der Waals surface area contributed by atoms with E-state index in [-0.39, 0.29) is 0 Å². The molecule has 2 saturated carbocycles. The van der Waals surface area contributed by atoms with Crippen molar-refractivity contribution in [3.8, 4) is 0 Å². The third kappa shape index (κ3) is 1.31. The van der Waals surface area contributed by atoms with Gasteiger partial charge in [-0.15, -0.1) is 0 Å². The molecular formula is C10H19N. The van der Waals surface area contributed by atoms with Crippen LogP contribution in [0.1, 0.15) is 32.1 Å². The van der Waals surface area contributed by atoms with Crippen LogP contribution in [0.4, 0.5) is 0 Å². The summed E-state index contributed by atoms with van der Waals surface area (Å²) in [6, 6.07) is 0. The van der Waals surface area contributed by atoms with Crippen LogP contribution in [0.25, 0.3) is 0 Å². The second-order valence-corrected chi connectivity index (χ2v) is 4.23. The van der Waals surface area contributed by atoms with E-state index in [1.807, 2.05) is 0 Å². The summed E-state index contributed by atoms with van der Waals surface area (Å²) in [5.74, 6) is 3.34. The molecule has 0 aliphatic heterocycles. The van der Waals surface area contributed by atoms with Gasteiger partial charge in [0.1, 0.15) is 0 Å². The molecule has 0 atom stereocenters. The number of rotatable bonds is 3. The Kier molecular flexibility index (Phi) is 2.17. The number of hydrogen-bond donors (Lipinski definition) is 1. The maximum Gasteiger partial charge on any atom is -0.00491 e. The molecule has 0 aromatic heterocycles. The Hall–Kier alpha value is -0.0400. The molecule has 2 fully saturated rings. The van der Waals surface area contributed by atoms with Gasteiger partial charge in [0.25, 0.3) is 0 Å². The average Bonchev–Trinajstić information content (AvgIpc) is 2.59. The van der Waals surface area contributed by atoms with Crippen LogP contribution in [0.2, 0.25) is 0 Å². The molecule has 2 aliphatic carbocycles. The summed E-state index contributed by atoms with van der Waals surface area (Å²) in [6.45, 7) is 1.23. The highest BCUT2D eigenvalue weighted by Gasteiger charge is 2.40. The maximum absolute atomic E-state index is 3.26. The van der Waals surface area contributed by atoms with E-state index in [2.05, 4.69) is 12.4 Å². The Balaban J connectivity index is 1.84. The van der Waals surface area contributed by atoms with Crippen molar-refractivity contribution >= 4 is 0 Å². The predicted molar refractivity (Wildman–Crippen MR) is 47.5 cm³/mol. The Bertz CT molecular complexity index is 113. The molecule has 0 aromatic carbocycles. The quantitative estimate of drug-likeness (QED) is 0.654. The topological polar surface area (TPSA) is 12.0 Å². The van der Waals surface area contributed by atoms with E-state index in [4.69, 9.17) is 0 Å². The minimum atomic E-state index is 1.10. The lowest BCUT2D eigenvalue weighted by Gasteiger charge is -2.14. The Labute approximate surface area is 69.6 Å². The molecule has 2 bridgehead atoms. The second-order valence-electron chi connectivity index (χ2n) is 4.23. The van der Waals surface area contributed by atoms with Crippen LogP contribution < -0.4 is 5.32 Å². The van der Waals surface area contributed by atoms with Crippen LogP contribution in [0.5, 0.6) is 0 Å². The highest BCUT2D eigenvalue weighted by molar-refractivity contribution is 4.91. The summed E-state index contributed by atoms with van der Waals surface area (Å²) < 4.78 is 0. The van der Waals surface area contributed by atoms with Gasteiger partial charge >= 0.3 is 0 Å². The fourth-order valence-corrected chi connectivity index (χ4v) is 3.17. The van der Waals surface area contributed by atoms with E-state index in [9.17, 15) is 0 Å². The molecule has 1 N–H and O–H groups in total. The summed E-state index contributed by atoms with van der Waals surface area (Å²) in [5.41, 5.74) is 0. The van der Waals surface area contributed by atoms with Crippen LogP contribution in [-0.4, -0.2) is 13.6 Å². The molecule has 1 nitrogen and oxygen atoms in total. The third-order valence-electron chi connectivity index (χ3n) is 3.76. The van der Waals surface area contributed by atoms with Crippen LogP contribution in [0.3, 0.4) is 0 Å². The molecule has 0 amide bonds. The van der Waals surface area contributed by atoms with Gasteiger partial charge in [-0.1, -0.05) is 0 Å². The van der Waals surface area contributed by atoms with E-state index in [1.54, 1.807) is 25.7 Å². The van der Waals surface area contributed by atoms with Crippen LogP contribution in [0, 0.1) is 17.8 Å². The van der Waals surface area contributed by atoms with E-state index >= 15 is 0 Å². The van der Waals surface area contributed by atoms with Crippen LogP contribution >= 0.6 is 0 Å². The van der Waals surface area contributed by atoms with Crippen molar-refractivity contribution in [2.75, 3.05) is 13.6 Å². The monoisotopic (exact) mass is 153 g/mol. The van der Waals surface area contributed by atoms with Crippen LogP contribution in [-0.2, 0) is 0 Å². The third-order valence-corrected chi connectivity index (χ3v) is 3.76. The minimum absolute atomic E-state index is 1.10. The molecule has 2 rings (SSSR count). The lowest BCUT2D eigenvalue weighted by Crippen LogP contribution is -2.15. The predicted octanol–water partition coefficient (Wildman–Crippen LogP) is 2.03. The van der Waals surface area contributed by atoms with Gasteiger partial charge in [-0.2, -0.15) is 0 Å². The second kappa shape index (κ2) is 3.14. The zero-order chi connectivity index (χ0) is 7.68. The molecule has 2 aliphatic rings. The number of nitrogens with one attached hydrogen (secondary N) is 1. The standard InChI is InChI=1S/C10H19N/c1-11-7-6-10-8-2-3-9(10)5-4-8/h8-11H,2-7H2,1H3. The van der Waals surface area contributed by atoms with Gasteiger partial charge < -0.3 is 5.32 Å². The van der Waals surface area contributed by atoms with Crippen molar-refractivity contribution in [2.45, 2.75) is 32.1 Å². The Morgan fingerprint density at radius 3 is 2.09 bits per heavy atom. The average molecular weight is 153 g/mol. The van der Waals surface area contributed by atoms with Crippen molar-refractivity contribution < 1.29 is 0 Å². The molecule has 1 heteroatoms. The Morgan fingerprint density at radius 2 is 1.64 bits per heavy atom. The summed E-state index contributed by atoms with van der Waals surface area (Å²) in [5, 5.41) is 3.26. The lowest BCUT2D eigenvalue weighted by molar-refractivity contribution is 0.373. The van der Waals surface area contributed by atoms with Gasteiger partial charge in [0, 0.05) is 0 Å². The first-order valence-electron chi connectivity index (χ1n) is 5.06. The molecule has 64 valence electrons.